The fraction of sp³-hybridized carbons (Fsp3) is 0.429. The molecule has 2 rings (SSSR count). The van der Waals surface area contributed by atoms with Crippen LogP contribution in [-0.2, 0) is 6.54 Å². The molecule has 0 atom stereocenters. The predicted molar refractivity (Wildman–Crippen MR) is 73.2 cm³/mol. The van der Waals surface area contributed by atoms with E-state index in [9.17, 15) is 0 Å². The van der Waals surface area contributed by atoms with Crippen LogP contribution in [-0.4, -0.2) is 14.8 Å². The van der Waals surface area contributed by atoms with Gasteiger partial charge in [-0.3, -0.25) is 0 Å². The van der Waals surface area contributed by atoms with Gasteiger partial charge in [0.25, 0.3) is 0 Å². The summed E-state index contributed by atoms with van der Waals surface area (Å²) in [5.74, 6) is 1.74. The second-order valence-electron chi connectivity index (χ2n) is 4.93. The van der Waals surface area contributed by atoms with Gasteiger partial charge in [0.1, 0.15) is 5.82 Å². The second-order valence-corrected chi connectivity index (χ2v) is 4.93. The number of nitrogens with two attached hydrogens (primary N) is 1. The topological polar surface area (TPSA) is 56.7 Å². The summed E-state index contributed by atoms with van der Waals surface area (Å²) < 4.78 is 2.11. The summed E-state index contributed by atoms with van der Waals surface area (Å²) in [7, 11) is 0. The van der Waals surface area contributed by atoms with Crippen molar-refractivity contribution in [1.29, 1.82) is 0 Å². The highest BCUT2D eigenvalue weighted by Gasteiger charge is 2.16. The van der Waals surface area contributed by atoms with Gasteiger partial charge in [0.2, 0.25) is 0 Å². The monoisotopic (exact) mass is 244 g/mol. The summed E-state index contributed by atoms with van der Waals surface area (Å²) >= 11 is 0. The number of nitrogens with zero attached hydrogens (tertiary/aromatic N) is 3. The number of rotatable bonds is 3. The summed E-state index contributed by atoms with van der Waals surface area (Å²) in [6, 6.07) is 6.68. The molecular weight excluding hydrogens is 224 g/mol. The summed E-state index contributed by atoms with van der Waals surface area (Å²) in [5.41, 5.74) is 9.29. The smallest absolute Gasteiger partial charge is 0.164 e. The fourth-order valence-electron chi connectivity index (χ4n) is 2.17. The van der Waals surface area contributed by atoms with Crippen LogP contribution in [0.4, 0.5) is 0 Å². The summed E-state index contributed by atoms with van der Waals surface area (Å²) in [4.78, 5) is 0. The molecule has 1 heterocycles. The third-order valence-corrected chi connectivity index (χ3v) is 3.10. The highest BCUT2D eigenvalue weighted by molar-refractivity contribution is 5.61. The molecule has 1 aromatic heterocycles. The molecule has 18 heavy (non-hydrogen) atoms. The number of aryl methyl sites for hydroxylation is 2. The molecule has 4 heteroatoms. The minimum Gasteiger partial charge on any atom is -0.324 e. The third kappa shape index (κ3) is 2.16. The van der Waals surface area contributed by atoms with E-state index in [1.807, 2.05) is 0 Å². The first-order chi connectivity index (χ1) is 8.54. The molecule has 0 radical (unpaired) electrons. The van der Waals surface area contributed by atoms with Gasteiger partial charge in [0.05, 0.1) is 6.54 Å². The zero-order chi connectivity index (χ0) is 13.3. The van der Waals surface area contributed by atoms with Crippen molar-refractivity contribution < 1.29 is 0 Å². The zero-order valence-electron chi connectivity index (χ0n) is 11.4. The van der Waals surface area contributed by atoms with E-state index >= 15 is 0 Å². The number of hydrogen-bond donors (Lipinski definition) is 1. The lowest BCUT2D eigenvalue weighted by molar-refractivity contribution is 0.574. The van der Waals surface area contributed by atoms with Crippen LogP contribution < -0.4 is 5.73 Å². The first-order valence-electron chi connectivity index (χ1n) is 6.26. The lowest BCUT2D eigenvalue weighted by atomic mass is 10.0. The Bertz CT molecular complexity index is 555. The zero-order valence-corrected chi connectivity index (χ0v) is 11.4. The van der Waals surface area contributed by atoms with Crippen molar-refractivity contribution >= 4 is 0 Å². The van der Waals surface area contributed by atoms with Gasteiger partial charge >= 0.3 is 0 Å². The lowest BCUT2D eigenvalue weighted by Gasteiger charge is -2.14. The molecule has 0 saturated carbocycles. The third-order valence-electron chi connectivity index (χ3n) is 3.10. The van der Waals surface area contributed by atoms with E-state index in [2.05, 4.69) is 60.7 Å². The van der Waals surface area contributed by atoms with E-state index in [-0.39, 0.29) is 0 Å². The summed E-state index contributed by atoms with van der Waals surface area (Å²) in [6.07, 6.45) is 0. The molecule has 4 nitrogen and oxygen atoms in total. The first-order valence-corrected chi connectivity index (χ1v) is 6.26. The van der Waals surface area contributed by atoms with Crippen molar-refractivity contribution in [3.8, 4) is 11.4 Å². The van der Waals surface area contributed by atoms with Crippen LogP contribution in [0, 0.1) is 13.8 Å². The van der Waals surface area contributed by atoms with Crippen molar-refractivity contribution in [3.05, 3.63) is 35.2 Å². The average molecular weight is 244 g/mol. The Hall–Kier alpha value is -1.68. The number of benzene rings is 1. The van der Waals surface area contributed by atoms with Crippen molar-refractivity contribution in [2.24, 2.45) is 5.73 Å². The fourth-order valence-corrected chi connectivity index (χ4v) is 2.17. The summed E-state index contributed by atoms with van der Waals surface area (Å²) in [6.45, 7) is 8.84. The molecule has 0 unspecified atom stereocenters. The number of hydrogen-bond acceptors (Lipinski definition) is 3. The standard InChI is InChI=1S/C14H20N4/c1-9(2)18-13(8-15)16-17-14(18)12-7-10(3)5-6-11(12)4/h5-7,9H,8,15H2,1-4H3. The molecule has 0 amide bonds. The highest BCUT2D eigenvalue weighted by atomic mass is 15.3. The SMILES string of the molecule is Cc1ccc(C)c(-c2nnc(CN)n2C(C)C)c1. The van der Waals surface area contributed by atoms with E-state index < -0.39 is 0 Å². The van der Waals surface area contributed by atoms with Crippen LogP contribution in [0.5, 0.6) is 0 Å². The van der Waals surface area contributed by atoms with E-state index in [4.69, 9.17) is 5.73 Å². The molecule has 0 spiro atoms. The molecule has 0 aliphatic heterocycles. The maximum Gasteiger partial charge on any atom is 0.164 e. The van der Waals surface area contributed by atoms with E-state index in [1.165, 1.54) is 11.1 Å². The van der Waals surface area contributed by atoms with Gasteiger partial charge in [0, 0.05) is 11.6 Å². The molecule has 0 aliphatic carbocycles. The lowest BCUT2D eigenvalue weighted by Crippen LogP contribution is -2.11. The van der Waals surface area contributed by atoms with Gasteiger partial charge in [-0.25, -0.2) is 0 Å². The Kier molecular flexibility index (Phi) is 3.48. The Labute approximate surface area is 108 Å². The van der Waals surface area contributed by atoms with E-state index in [0.29, 0.717) is 12.6 Å². The predicted octanol–water partition coefficient (Wildman–Crippen LogP) is 2.60. The van der Waals surface area contributed by atoms with Gasteiger partial charge in [-0.2, -0.15) is 0 Å². The molecule has 2 aromatic rings. The average Bonchev–Trinajstić information content (AvgIpc) is 2.75. The highest BCUT2D eigenvalue weighted by Crippen LogP contribution is 2.26. The maximum atomic E-state index is 5.72. The Morgan fingerprint density at radius 3 is 2.56 bits per heavy atom. The molecule has 0 bridgehead atoms. The van der Waals surface area contributed by atoms with Crippen LogP contribution in [0.25, 0.3) is 11.4 Å². The van der Waals surface area contributed by atoms with Gasteiger partial charge in [-0.05, 0) is 39.3 Å². The van der Waals surface area contributed by atoms with Crippen LogP contribution >= 0.6 is 0 Å². The van der Waals surface area contributed by atoms with Crippen molar-refractivity contribution in [3.63, 3.8) is 0 Å². The Morgan fingerprint density at radius 2 is 1.94 bits per heavy atom. The van der Waals surface area contributed by atoms with Crippen LogP contribution in [0.15, 0.2) is 18.2 Å². The van der Waals surface area contributed by atoms with Crippen molar-refractivity contribution in [2.45, 2.75) is 40.3 Å². The Balaban J connectivity index is 2.63. The summed E-state index contributed by atoms with van der Waals surface area (Å²) in [5, 5.41) is 8.50. The molecule has 1 aromatic carbocycles. The van der Waals surface area contributed by atoms with E-state index in [0.717, 1.165) is 17.2 Å². The molecule has 0 saturated heterocycles. The second kappa shape index (κ2) is 4.90. The first kappa shape index (κ1) is 12.8. The quantitative estimate of drug-likeness (QED) is 0.903. The normalized spacial score (nSPS) is 11.2. The number of aromatic nitrogens is 3. The van der Waals surface area contributed by atoms with Gasteiger partial charge < -0.3 is 10.3 Å². The maximum absolute atomic E-state index is 5.72. The van der Waals surface area contributed by atoms with Crippen LogP contribution in [0.3, 0.4) is 0 Å². The molecular formula is C14H20N4. The minimum absolute atomic E-state index is 0.300. The molecule has 0 fully saturated rings. The van der Waals surface area contributed by atoms with Crippen LogP contribution in [0.1, 0.15) is 36.8 Å². The van der Waals surface area contributed by atoms with Gasteiger partial charge in [-0.1, -0.05) is 17.7 Å². The van der Waals surface area contributed by atoms with Crippen molar-refractivity contribution in [2.75, 3.05) is 0 Å². The van der Waals surface area contributed by atoms with E-state index in [1.54, 1.807) is 0 Å². The van der Waals surface area contributed by atoms with Gasteiger partial charge in [-0.15, -0.1) is 10.2 Å². The Morgan fingerprint density at radius 1 is 1.22 bits per heavy atom. The molecule has 96 valence electrons. The van der Waals surface area contributed by atoms with Crippen LogP contribution in [0.2, 0.25) is 0 Å². The molecule has 2 N–H and O–H groups in total. The minimum atomic E-state index is 0.300. The van der Waals surface area contributed by atoms with Crippen molar-refractivity contribution in [1.82, 2.24) is 14.8 Å². The van der Waals surface area contributed by atoms with Gasteiger partial charge in [0.15, 0.2) is 5.82 Å². The largest absolute Gasteiger partial charge is 0.324 e. The molecule has 0 aliphatic rings.